The van der Waals surface area contributed by atoms with Crippen molar-refractivity contribution in [1.29, 1.82) is 0 Å². The molecule has 0 aliphatic carbocycles. The zero-order chi connectivity index (χ0) is 17.0. The van der Waals surface area contributed by atoms with Gasteiger partial charge in [0.25, 0.3) is 0 Å². The molecule has 4 heterocycles. The molecule has 25 heavy (non-hydrogen) atoms. The summed E-state index contributed by atoms with van der Waals surface area (Å²) in [7, 11) is 0. The molecule has 2 aliphatic rings. The lowest BCUT2D eigenvalue weighted by atomic mass is 9.73. The van der Waals surface area contributed by atoms with Crippen LogP contribution in [0.5, 0.6) is 5.88 Å². The topological polar surface area (TPSA) is 47.5 Å². The number of nitrogens with zero attached hydrogens (tertiary/aromatic N) is 3. The van der Waals surface area contributed by atoms with Gasteiger partial charge in [-0.1, -0.05) is 12.1 Å². The van der Waals surface area contributed by atoms with Gasteiger partial charge in [-0.05, 0) is 37.0 Å². The second kappa shape index (κ2) is 7.50. The summed E-state index contributed by atoms with van der Waals surface area (Å²) < 4.78 is 12.2. The van der Waals surface area contributed by atoms with Gasteiger partial charge < -0.3 is 9.47 Å². The standard InChI is InChI=1S/C20H25N3O2/c1-2-10-22-19(6-1)25-16-20-8-4-12-24-18(20)7-11-23(15-20)14-17-5-3-9-21-13-17/h1-3,5-6,9-10,13,18H,4,7-8,11-12,14-16H2/t18-,20-/m1/s1. The highest BCUT2D eigenvalue weighted by Crippen LogP contribution is 2.40. The fourth-order valence-electron chi connectivity index (χ4n) is 4.13. The fraction of sp³-hybridized carbons (Fsp3) is 0.500. The summed E-state index contributed by atoms with van der Waals surface area (Å²) in [5, 5.41) is 0. The first kappa shape index (κ1) is 16.5. The van der Waals surface area contributed by atoms with Crippen molar-refractivity contribution in [2.75, 3.05) is 26.3 Å². The van der Waals surface area contributed by atoms with Gasteiger partial charge >= 0.3 is 0 Å². The molecule has 2 fully saturated rings. The molecule has 0 amide bonds. The molecule has 0 N–H and O–H groups in total. The van der Waals surface area contributed by atoms with Crippen molar-refractivity contribution in [3.63, 3.8) is 0 Å². The average Bonchev–Trinajstić information content (AvgIpc) is 2.68. The van der Waals surface area contributed by atoms with E-state index in [9.17, 15) is 0 Å². The minimum atomic E-state index is 0.0518. The summed E-state index contributed by atoms with van der Waals surface area (Å²) in [5.74, 6) is 0.700. The third-order valence-corrected chi connectivity index (χ3v) is 5.34. The molecule has 2 aromatic heterocycles. The van der Waals surface area contributed by atoms with Crippen molar-refractivity contribution >= 4 is 0 Å². The van der Waals surface area contributed by atoms with Gasteiger partial charge in [-0.25, -0.2) is 4.98 Å². The van der Waals surface area contributed by atoms with Crippen LogP contribution in [0, 0.1) is 5.41 Å². The van der Waals surface area contributed by atoms with Gasteiger partial charge in [0, 0.05) is 56.3 Å². The molecular formula is C20H25N3O2. The second-order valence-electron chi connectivity index (χ2n) is 7.14. The Morgan fingerprint density at radius 1 is 1.24 bits per heavy atom. The molecule has 2 atom stereocenters. The quantitative estimate of drug-likeness (QED) is 0.838. The number of ether oxygens (including phenoxy) is 2. The Labute approximate surface area is 149 Å². The van der Waals surface area contributed by atoms with Gasteiger partial charge in [0.05, 0.1) is 12.7 Å². The Morgan fingerprint density at radius 2 is 2.24 bits per heavy atom. The van der Waals surface area contributed by atoms with E-state index in [2.05, 4.69) is 20.9 Å². The number of hydrogen-bond donors (Lipinski definition) is 0. The van der Waals surface area contributed by atoms with Gasteiger partial charge in [-0.2, -0.15) is 0 Å². The molecule has 2 saturated heterocycles. The smallest absolute Gasteiger partial charge is 0.213 e. The van der Waals surface area contributed by atoms with Crippen LogP contribution in [0.3, 0.4) is 0 Å². The van der Waals surface area contributed by atoms with Crippen molar-refractivity contribution in [2.45, 2.75) is 31.9 Å². The largest absolute Gasteiger partial charge is 0.477 e. The number of likely N-dealkylation sites (tertiary alicyclic amines) is 1. The Hall–Kier alpha value is -1.98. The average molecular weight is 339 g/mol. The predicted molar refractivity (Wildman–Crippen MR) is 95.3 cm³/mol. The summed E-state index contributed by atoms with van der Waals surface area (Å²) in [4.78, 5) is 11.1. The Bertz CT molecular complexity index is 667. The van der Waals surface area contributed by atoms with Crippen molar-refractivity contribution in [2.24, 2.45) is 5.41 Å². The fourth-order valence-corrected chi connectivity index (χ4v) is 4.13. The van der Waals surface area contributed by atoms with Gasteiger partial charge in [-0.15, -0.1) is 0 Å². The van der Waals surface area contributed by atoms with Gasteiger partial charge in [0.15, 0.2) is 0 Å². The van der Waals surface area contributed by atoms with Crippen LogP contribution < -0.4 is 4.74 Å². The van der Waals surface area contributed by atoms with Crippen molar-refractivity contribution in [3.8, 4) is 5.88 Å². The van der Waals surface area contributed by atoms with E-state index >= 15 is 0 Å². The third kappa shape index (κ3) is 3.83. The summed E-state index contributed by atoms with van der Waals surface area (Å²) in [6.07, 6.45) is 9.16. The molecule has 0 spiro atoms. The molecule has 2 aromatic rings. The molecule has 5 nitrogen and oxygen atoms in total. The van der Waals surface area contributed by atoms with Crippen LogP contribution in [-0.2, 0) is 11.3 Å². The normalized spacial score (nSPS) is 26.8. The minimum Gasteiger partial charge on any atom is -0.477 e. The number of pyridine rings is 2. The van der Waals surface area contributed by atoms with Gasteiger partial charge in [0.2, 0.25) is 5.88 Å². The molecule has 132 valence electrons. The van der Waals surface area contributed by atoms with Crippen LogP contribution in [0.1, 0.15) is 24.8 Å². The first-order valence-corrected chi connectivity index (χ1v) is 9.11. The SMILES string of the molecule is c1ccc(OC[C@]23CCCO[C@@H]2CCN(Cc2cccnc2)C3)nc1. The molecular weight excluding hydrogens is 314 g/mol. The first-order chi connectivity index (χ1) is 12.3. The number of hydrogen-bond acceptors (Lipinski definition) is 5. The van der Waals surface area contributed by atoms with Crippen LogP contribution in [0.2, 0.25) is 0 Å². The highest BCUT2D eigenvalue weighted by molar-refractivity contribution is 5.11. The van der Waals surface area contributed by atoms with E-state index in [1.165, 1.54) is 5.56 Å². The van der Waals surface area contributed by atoms with E-state index in [4.69, 9.17) is 9.47 Å². The van der Waals surface area contributed by atoms with Gasteiger partial charge in [0.1, 0.15) is 0 Å². The van der Waals surface area contributed by atoms with Crippen molar-refractivity contribution < 1.29 is 9.47 Å². The Morgan fingerprint density at radius 3 is 3.08 bits per heavy atom. The molecule has 0 bridgehead atoms. The van der Waals surface area contributed by atoms with Crippen LogP contribution in [-0.4, -0.2) is 47.3 Å². The van der Waals surface area contributed by atoms with E-state index in [-0.39, 0.29) is 11.5 Å². The lowest BCUT2D eigenvalue weighted by Crippen LogP contribution is -2.57. The molecule has 0 unspecified atom stereocenters. The lowest BCUT2D eigenvalue weighted by Gasteiger charge is -2.50. The molecule has 5 heteroatoms. The summed E-state index contributed by atoms with van der Waals surface area (Å²) >= 11 is 0. The third-order valence-electron chi connectivity index (χ3n) is 5.34. The van der Waals surface area contributed by atoms with E-state index < -0.39 is 0 Å². The van der Waals surface area contributed by atoms with Crippen LogP contribution >= 0.6 is 0 Å². The highest BCUT2D eigenvalue weighted by Gasteiger charge is 2.46. The summed E-state index contributed by atoms with van der Waals surface area (Å²) in [6, 6.07) is 9.95. The molecule has 0 saturated carbocycles. The number of piperidine rings is 1. The highest BCUT2D eigenvalue weighted by atomic mass is 16.5. The summed E-state index contributed by atoms with van der Waals surface area (Å²) in [6.45, 7) is 4.53. The number of aromatic nitrogens is 2. The number of fused-ring (bicyclic) bond motifs is 1. The monoisotopic (exact) mass is 339 g/mol. The van der Waals surface area contributed by atoms with E-state index in [1.807, 2.05) is 36.7 Å². The second-order valence-corrected chi connectivity index (χ2v) is 7.14. The van der Waals surface area contributed by atoms with Gasteiger partial charge in [-0.3, -0.25) is 9.88 Å². The number of rotatable bonds is 5. The lowest BCUT2D eigenvalue weighted by molar-refractivity contribution is -0.141. The first-order valence-electron chi connectivity index (χ1n) is 9.11. The van der Waals surface area contributed by atoms with Crippen molar-refractivity contribution in [3.05, 3.63) is 54.5 Å². The molecule has 4 rings (SSSR count). The van der Waals surface area contributed by atoms with E-state index in [0.29, 0.717) is 12.5 Å². The summed E-state index contributed by atoms with van der Waals surface area (Å²) in [5.41, 5.74) is 1.31. The van der Waals surface area contributed by atoms with Crippen molar-refractivity contribution in [1.82, 2.24) is 14.9 Å². The zero-order valence-electron chi connectivity index (χ0n) is 14.5. The molecule has 2 aliphatic heterocycles. The van der Waals surface area contributed by atoms with Crippen LogP contribution in [0.4, 0.5) is 0 Å². The van der Waals surface area contributed by atoms with Crippen LogP contribution in [0.25, 0.3) is 0 Å². The maximum absolute atomic E-state index is 6.13. The minimum absolute atomic E-state index is 0.0518. The van der Waals surface area contributed by atoms with E-state index in [1.54, 1.807) is 6.20 Å². The Kier molecular flexibility index (Phi) is 4.95. The van der Waals surface area contributed by atoms with Crippen LogP contribution in [0.15, 0.2) is 48.9 Å². The zero-order valence-corrected chi connectivity index (χ0v) is 14.5. The maximum atomic E-state index is 6.13. The Balaban J connectivity index is 1.47. The van der Waals surface area contributed by atoms with E-state index in [0.717, 1.165) is 45.5 Å². The molecule has 0 radical (unpaired) electrons. The molecule has 0 aromatic carbocycles. The predicted octanol–water partition coefficient (Wildman–Crippen LogP) is 2.93. The maximum Gasteiger partial charge on any atom is 0.213 e.